The molecule has 0 atom stereocenters. The Hall–Kier alpha value is -1.63. The molecule has 0 heterocycles. The number of nitrogens with one attached hydrogen (secondary N) is 1. The van der Waals surface area contributed by atoms with Gasteiger partial charge in [0.25, 0.3) is 0 Å². The second kappa shape index (κ2) is 6.01. The highest BCUT2D eigenvalue weighted by Gasteiger charge is 2.20. The molecule has 0 saturated heterocycles. The zero-order chi connectivity index (χ0) is 14.6. The molecule has 0 radical (unpaired) electrons. The van der Waals surface area contributed by atoms with Crippen LogP contribution in [0.4, 0.5) is 10.1 Å². The van der Waals surface area contributed by atoms with Crippen LogP contribution in [0, 0.1) is 5.82 Å². The number of halogens is 1. The normalized spacial score (nSPS) is 11.6. The molecule has 3 N–H and O–H groups in total. The first-order valence-electron chi connectivity index (χ1n) is 5.79. The van der Waals surface area contributed by atoms with E-state index in [1.807, 2.05) is 0 Å². The summed E-state index contributed by atoms with van der Waals surface area (Å²) in [4.78, 5) is 10.9. The Morgan fingerprint density at radius 2 is 2.05 bits per heavy atom. The zero-order valence-corrected chi connectivity index (χ0v) is 11.6. The molecule has 0 bridgehead atoms. The Kier molecular flexibility index (Phi) is 4.88. The van der Waals surface area contributed by atoms with Crippen molar-refractivity contribution in [1.29, 1.82) is 0 Å². The summed E-state index contributed by atoms with van der Waals surface area (Å²) in [5, 5.41) is 2.57. The third kappa shape index (κ3) is 4.51. The maximum absolute atomic E-state index is 13.5. The van der Waals surface area contributed by atoms with Crippen molar-refractivity contribution in [2.75, 3.05) is 11.5 Å². The summed E-state index contributed by atoms with van der Waals surface area (Å²) in [5.41, 5.74) is 5.50. The predicted octanol–water partition coefficient (Wildman–Crippen LogP) is 1.10. The van der Waals surface area contributed by atoms with Gasteiger partial charge in [0.1, 0.15) is 10.7 Å². The van der Waals surface area contributed by atoms with Crippen molar-refractivity contribution < 1.29 is 17.6 Å². The van der Waals surface area contributed by atoms with E-state index in [1.165, 1.54) is 6.07 Å². The number of hydrogen-bond acceptors (Lipinski definition) is 4. The highest BCUT2D eigenvalue weighted by Crippen LogP contribution is 2.19. The monoisotopic (exact) mass is 288 g/mol. The Morgan fingerprint density at radius 1 is 1.42 bits per heavy atom. The van der Waals surface area contributed by atoms with Crippen LogP contribution in [-0.2, 0) is 14.6 Å². The number of amides is 1. The molecule has 0 aromatic heterocycles. The third-order valence-corrected chi connectivity index (χ3v) is 4.08. The largest absolute Gasteiger partial charge is 0.399 e. The van der Waals surface area contributed by atoms with Crippen LogP contribution in [-0.4, -0.2) is 26.1 Å². The van der Waals surface area contributed by atoms with Crippen LogP contribution in [0.3, 0.4) is 0 Å². The predicted molar refractivity (Wildman–Crippen MR) is 70.8 cm³/mol. The summed E-state index contributed by atoms with van der Waals surface area (Å²) < 4.78 is 37.3. The van der Waals surface area contributed by atoms with E-state index in [4.69, 9.17) is 5.73 Å². The lowest BCUT2D eigenvalue weighted by Crippen LogP contribution is -2.31. The molecule has 0 fully saturated rings. The number of nitrogen functional groups attached to an aromatic ring is 1. The van der Waals surface area contributed by atoms with Gasteiger partial charge < -0.3 is 11.1 Å². The second-order valence-electron chi connectivity index (χ2n) is 4.48. The van der Waals surface area contributed by atoms with E-state index in [9.17, 15) is 17.6 Å². The molecule has 19 heavy (non-hydrogen) atoms. The molecule has 0 aliphatic heterocycles. The van der Waals surface area contributed by atoms with Crippen LogP contribution in [0.15, 0.2) is 23.1 Å². The summed E-state index contributed by atoms with van der Waals surface area (Å²) in [6.07, 6.45) is -0.204. The second-order valence-corrected chi connectivity index (χ2v) is 6.56. The van der Waals surface area contributed by atoms with Gasteiger partial charge in [0.05, 0.1) is 5.75 Å². The smallest absolute Gasteiger partial charge is 0.221 e. The summed E-state index contributed by atoms with van der Waals surface area (Å²) in [6, 6.07) is 3.30. The number of carbonyl (C=O) groups is 1. The van der Waals surface area contributed by atoms with Crippen LogP contribution >= 0.6 is 0 Å². The van der Waals surface area contributed by atoms with Gasteiger partial charge in [-0.05, 0) is 32.0 Å². The van der Waals surface area contributed by atoms with E-state index in [1.54, 1.807) is 13.8 Å². The number of sulfone groups is 1. The van der Waals surface area contributed by atoms with Crippen molar-refractivity contribution in [3.05, 3.63) is 24.0 Å². The SMILES string of the molecule is CC(C)NC(=O)CCS(=O)(=O)c1ccc(N)cc1F. The van der Waals surface area contributed by atoms with Gasteiger partial charge in [-0.3, -0.25) is 4.79 Å². The van der Waals surface area contributed by atoms with E-state index < -0.39 is 26.3 Å². The maximum atomic E-state index is 13.5. The van der Waals surface area contributed by atoms with Crippen LogP contribution in [0.5, 0.6) is 0 Å². The standard InChI is InChI=1S/C12H17FN2O3S/c1-8(2)15-12(16)5-6-19(17,18)11-4-3-9(14)7-10(11)13/h3-4,7-8H,5-6,14H2,1-2H3,(H,15,16). The van der Waals surface area contributed by atoms with Gasteiger partial charge in [0.2, 0.25) is 5.91 Å². The molecular weight excluding hydrogens is 271 g/mol. The Labute approximate surface area is 111 Å². The molecule has 0 unspecified atom stereocenters. The first-order valence-corrected chi connectivity index (χ1v) is 7.45. The Morgan fingerprint density at radius 3 is 2.58 bits per heavy atom. The van der Waals surface area contributed by atoms with Gasteiger partial charge in [0, 0.05) is 18.2 Å². The Bertz CT molecular complexity index is 570. The van der Waals surface area contributed by atoms with Crippen molar-refractivity contribution >= 4 is 21.4 Å². The fourth-order valence-electron chi connectivity index (χ4n) is 1.50. The van der Waals surface area contributed by atoms with E-state index in [2.05, 4.69) is 5.32 Å². The quantitative estimate of drug-likeness (QED) is 0.794. The zero-order valence-electron chi connectivity index (χ0n) is 10.8. The van der Waals surface area contributed by atoms with Gasteiger partial charge in [-0.25, -0.2) is 12.8 Å². The van der Waals surface area contributed by atoms with Crippen molar-refractivity contribution in [1.82, 2.24) is 5.32 Å². The van der Waals surface area contributed by atoms with Gasteiger partial charge in [-0.1, -0.05) is 0 Å². The number of anilines is 1. The molecule has 0 aliphatic carbocycles. The highest BCUT2D eigenvalue weighted by atomic mass is 32.2. The van der Waals surface area contributed by atoms with Crippen LogP contribution < -0.4 is 11.1 Å². The van der Waals surface area contributed by atoms with Crippen LogP contribution in [0.2, 0.25) is 0 Å². The molecule has 1 rings (SSSR count). The van der Waals surface area contributed by atoms with Gasteiger partial charge in [0.15, 0.2) is 9.84 Å². The lowest BCUT2D eigenvalue weighted by Gasteiger charge is -2.09. The molecule has 1 aromatic carbocycles. The van der Waals surface area contributed by atoms with Gasteiger partial charge in [-0.2, -0.15) is 0 Å². The minimum absolute atomic E-state index is 0.0662. The molecule has 0 spiro atoms. The lowest BCUT2D eigenvalue weighted by molar-refractivity contribution is -0.121. The molecule has 1 aromatic rings. The van der Waals surface area contributed by atoms with E-state index >= 15 is 0 Å². The van der Waals surface area contributed by atoms with Crippen LogP contribution in [0.1, 0.15) is 20.3 Å². The molecule has 7 heteroatoms. The van der Waals surface area contributed by atoms with Crippen molar-refractivity contribution in [2.24, 2.45) is 0 Å². The summed E-state index contributed by atoms with van der Waals surface area (Å²) in [5.74, 6) is -1.72. The molecule has 0 saturated carbocycles. The van der Waals surface area contributed by atoms with E-state index in [0.29, 0.717) is 0 Å². The molecule has 5 nitrogen and oxygen atoms in total. The fraction of sp³-hybridized carbons (Fsp3) is 0.417. The number of rotatable bonds is 5. The highest BCUT2D eigenvalue weighted by molar-refractivity contribution is 7.91. The number of hydrogen-bond donors (Lipinski definition) is 2. The van der Waals surface area contributed by atoms with E-state index in [-0.39, 0.29) is 24.1 Å². The van der Waals surface area contributed by atoms with Gasteiger partial charge >= 0.3 is 0 Å². The minimum atomic E-state index is -3.83. The van der Waals surface area contributed by atoms with Crippen molar-refractivity contribution in [3.8, 4) is 0 Å². The average molecular weight is 288 g/mol. The minimum Gasteiger partial charge on any atom is -0.399 e. The summed E-state index contributed by atoms with van der Waals surface area (Å²) in [7, 11) is -3.83. The molecule has 0 aliphatic rings. The van der Waals surface area contributed by atoms with Crippen molar-refractivity contribution in [2.45, 2.75) is 31.2 Å². The Balaban J connectivity index is 2.79. The summed E-state index contributed by atoms with van der Waals surface area (Å²) >= 11 is 0. The van der Waals surface area contributed by atoms with E-state index in [0.717, 1.165) is 12.1 Å². The average Bonchev–Trinajstić information content (AvgIpc) is 2.25. The topological polar surface area (TPSA) is 89.3 Å². The molecular formula is C12H17FN2O3S. The summed E-state index contributed by atoms with van der Waals surface area (Å²) in [6.45, 7) is 3.54. The fourth-order valence-corrected chi connectivity index (χ4v) is 2.81. The first kappa shape index (κ1) is 15.4. The maximum Gasteiger partial charge on any atom is 0.221 e. The van der Waals surface area contributed by atoms with Crippen LogP contribution in [0.25, 0.3) is 0 Å². The molecule has 1 amide bonds. The third-order valence-electron chi connectivity index (χ3n) is 2.34. The first-order chi connectivity index (χ1) is 8.72. The lowest BCUT2D eigenvalue weighted by atomic mass is 10.3. The number of nitrogens with two attached hydrogens (primary N) is 1. The van der Waals surface area contributed by atoms with Gasteiger partial charge in [-0.15, -0.1) is 0 Å². The number of carbonyl (C=O) groups excluding carboxylic acids is 1. The number of benzene rings is 1. The van der Waals surface area contributed by atoms with Crippen molar-refractivity contribution in [3.63, 3.8) is 0 Å². The molecule has 106 valence electrons.